The van der Waals surface area contributed by atoms with Gasteiger partial charge in [0, 0.05) is 57.2 Å². The van der Waals surface area contributed by atoms with Gasteiger partial charge in [0.1, 0.15) is 6.54 Å². The van der Waals surface area contributed by atoms with E-state index in [-0.39, 0.29) is 30.0 Å². The highest BCUT2D eigenvalue weighted by Gasteiger charge is 2.65. The predicted molar refractivity (Wildman–Crippen MR) is 121 cm³/mol. The molecule has 0 aromatic rings. The molecule has 9 nitrogen and oxygen atoms in total. The second-order valence-corrected chi connectivity index (χ2v) is 9.86. The molecule has 4 aliphatic rings. The van der Waals surface area contributed by atoms with Crippen LogP contribution in [-0.4, -0.2) is 92.9 Å². The molecule has 2 heterocycles. The zero-order chi connectivity index (χ0) is 22.7. The molecule has 0 bridgehead atoms. The number of rotatable bonds is 5. The Morgan fingerprint density at radius 1 is 1.16 bits per heavy atom. The number of amides is 2. The lowest BCUT2D eigenvalue weighted by atomic mass is 9.54. The van der Waals surface area contributed by atoms with Gasteiger partial charge < -0.3 is 29.9 Å². The summed E-state index contributed by atoms with van der Waals surface area (Å²) in [6.07, 6.45) is 7.80. The minimum atomic E-state index is -0.237. The lowest BCUT2D eigenvalue weighted by Crippen LogP contribution is -2.69. The number of hydrogen-bond donors (Lipinski definition) is 2. The molecule has 2 amide bonds. The highest BCUT2D eigenvalue weighted by molar-refractivity contribution is 5.85. The molecule has 32 heavy (non-hydrogen) atoms. The number of piperidine rings is 1. The predicted octanol–water partition coefficient (Wildman–Crippen LogP) is 1.58. The third-order valence-electron chi connectivity index (χ3n) is 7.81. The van der Waals surface area contributed by atoms with E-state index in [2.05, 4.69) is 15.6 Å². The van der Waals surface area contributed by atoms with Crippen LogP contribution in [0.2, 0.25) is 0 Å². The molecule has 0 aromatic heterocycles. The maximum Gasteiger partial charge on any atom is 0.409 e. The topological polar surface area (TPSA) is 95.5 Å². The standard InChI is InChI=1S/C23H39N5O4/c1-4-31-22(30)28-12-7-16(8-13-28)25-21(24-15-18(29)27(2)3)26-19-17-9-14-32-20(17)23(19)10-5-6-11-23/h16-17,19-20H,4-15H2,1-3H3,(H2,24,25,26). The first-order valence-electron chi connectivity index (χ1n) is 12.3. The summed E-state index contributed by atoms with van der Waals surface area (Å²) < 4.78 is 11.3. The van der Waals surface area contributed by atoms with E-state index in [4.69, 9.17) is 9.47 Å². The van der Waals surface area contributed by atoms with Gasteiger partial charge in [0.25, 0.3) is 0 Å². The highest BCUT2D eigenvalue weighted by Crippen LogP contribution is 2.60. The molecule has 4 rings (SSSR count). The van der Waals surface area contributed by atoms with E-state index < -0.39 is 0 Å². The number of ether oxygens (including phenoxy) is 2. The molecule has 9 heteroatoms. The van der Waals surface area contributed by atoms with E-state index in [0.717, 1.165) is 31.8 Å². The number of fused-ring (bicyclic) bond motifs is 2. The fourth-order valence-electron chi connectivity index (χ4n) is 6.09. The summed E-state index contributed by atoms with van der Waals surface area (Å²) in [7, 11) is 3.51. The third kappa shape index (κ3) is 4.54. The van der Waals surface area contributed by atoms with Gasteiger partial charge in [-0.15, -0.1) is 0 Å². The second kappa shape index (κ2) is 9.85. The zero-order valence-corrected chi connectivity index (χ0v) is 19.8. The van der Waals surface area contributed by atoms with Gasteiger partial charge in [-0.25, -0.2) is 9.79 Å². The van der Waals surface area contributed by atoms with Crippen LogP contribution in [0.1, 0.15) is 51.9 Å². The van der Waals surface area contributed by atoms with Gasteiger partial charge >= 0.3 is 6.09 Å². The average Bonchev–Trinajstić information content (AvgIpc) is 3.45. The van der Waals surface area contributed by atoms with E-state index in [1.807, 2.05) is 6.92 Å². The fourth-order valence-corrected chi connectivity index (χ4v) is 6.09. The van der Waals surface area contributed by atoms with Crippen molar-refractivity contribution in [3.8, 4) is 0 Å². The van der Waals surface area contributed by atoms with Gasteiger partial charge in [-0.2, -0.15) is 0 Å². The minimum Gasteiger partial charge on any atom is -0.450 e. The molecule has 2 N–H and O–H groups in total. The minimum absolute atomic E-state index is 0.0190. The molecule has 0 aromatic carbocycles. The smallest absolute Gasteiger partial charge is 0.409 e. The Balaban J connectivity index is 1.41. The van der Waals surface area contributed by atoms with Crippen LogP contribution in [0.3, 0.4) is 0 Å². The van der Waals surface area contributed by atoms with Crippen LogP contribution in [0.25, 0.3) is 0 Å². The maximum atomic E-state index is 12.2. The molecule has 2 aliphatic carbocycles. The van der Waals surface area contributed by atoms with Crippen LogP contribution in [-0.2, 0) is 14.3 Å². The van der Waals surface area contributed by atoms with Gasteiger partial charge in [-0.3, -0.25) is 4.79 Å². The lowest BCUT2D eigenvalue weighted by molar-refractivity contribution is -0.127. The van der Waals surface area contributed by atoms with Crippen molar-refractivity contribution in [3.63, 3.8) is 0 Å². The average molecular weight is 450 g/mol. The van der Waals surface area contributed by atoms with Crippen molar-refractivity contribution in [2.24, 2.45) is 16.3 Å². The first-order valence-corrected chi connectivity index (χ1v) is 12.3. The molecule has 2 saturated carbocycles. The molecule has 2 aliphatic heterocycles. The van der Waals surface area contributed by atoms with E-state index >= 15 is 0 Å². The number of carbonyl (C=O) groups excluding carboxylic acids is 2. The van der Waals surface area contributed by atoms with Crippen molar-refractivity contribution >= 4 is 18.0 Å². The van der Waals surface area contributed by atoms with Crippen LogP contribution in [0.4, 0.5) is 4.79 Å². The monoisotopic (exact) mass is 449 g/mol. The molecule has 180 valence electrons. The molecular formula is C23H39N5O4. The largest absolute Gasteiger partial charge is 0.450 e. The Morgan fingerprint density at radius 2 is 1.88 bits per heavy atom. The molecule has 3 unspecified atom stereocenters. The summed E-state index contributed by atoms with van der Waals surface area (Å²) in [5.41, 5.74) is 0.211. The molecule has 4 fully saturated rings. The fraction of sp³-hybridized carbons (Fsp3) is 0.870. The Bertz CT molecular complexity index is 713. The third-order valence-corrected chi connectivity index (χ3v) is 7.81. The number of nitrogens with zero attached hydrogens (tertiary/aromatic N) is 3. The van der Waals surface area contributed by atoms with Crippen molar-refractivity contribution in [2.75, 3.05) is 46.9 Å². The van der Waals surface area contributed by atoms with Crippen molar-refractivity contribution in [3.05, 3.63) is 0 Å². The Hall–Kier alpha value is -2.03. The number of nitrogens with one attached hydrogen (secondary N) is 2. The summed E-state index contributed by atoms with van der Waals surface area (Å²) in [6.45, 7) is 4.51. The van der Waals surface area contributed by atoms with E-state index in [9.17, 15) is 9.59 Å². The van der Waals surface area contributed by atoms with Crippen molar-refractivity contribution in [1.29, 1.82) is 0 Å². The molecule has 2 saturated heterocycles. The summed E-state index contributed by atoms with van der Waals surface area (Å²) in [5.74, 6) is 1.22. The van der Waals surface area contributed by atoms with Crippen LogP contribution in [0.15, 0.2) is 4.99 Å². The molecule has 3 atom stereocenters. The van der Waals surface area contributed by atoms with Crippen molar-refractivity contribution in [2.45, 2.75) is 70.1 Å². The molecule has 1 spiro atoms. The molecule has 0 radical (unpaired) electrons. The maximum absolute atomic E-state index is 12.2. The molecular weight excluding hydrogens is 410 g/mol. The van der Waals surface area contributed by atoms with Crippen LogP contribution in [0, 0.1) is 11.3 Å². The second-order valence-electron chi connectivity index (χ2n) is 9.86. The number of likely N-dealkylation sites (N-methyl/N-ethyl adjacent to an activating group) is 1. The summed E-state index contributed by atoms with van der Waals surface area (Å²) in [6, 6.07) is 0.550. The summed E-state index contributed by atoms with van der Waals surface area (Å²) in [5, 5.41) is 7.31. The number of hydrogen-bond acceptors (Lipinski definition) is 5. The summed E-state index contributed by atoms with van der Waals surface area (Å²) >= 11 is 0. The van der Waals surface area contributed by atoms with E-state index in [1.54, 1.807) is 23.9 Å². The SMILES string of the molecule is CCOC(=O)N1CCC(NC(=NCC(=O)N(C)C)NC2C3CCOC3C23CCCC3)CC1. The summed E-state index contributed by atoms with van der Waals surface area (Å²) in [4.78, 5) is 32.2. The van der Waals surface area contributed by atoms with E-state index in [0.29, 0.717) is 37.8 Å². The highest BCUT2D eigenvalue weighted by atomic mass is 16.6. The van der Waals surface area contributed by atoms with Gasteiger partial charge in [-0.1, -0.05) is 12.8 Å². The number of carbonyl (C=O) groups is 2. The lowest BCUT2D eigenvalue weighted by Gasteiger charge is -2.57. The number of likely N-dealkylation sites (tertiary alicyclic amines) is 1. The number of aliphatic imine (C=N–C) groups is 1. The van der Waals surface area contributed by atoms with Crippen molar-refractivity contribution in [1.82, 2.24) is 20.4 Å². The van der Waals surface area contributed by atoms with Crippen LogP contribution in [0.5, 0.6) is 0 Å². The normalized spacial score (nSPS) is 29.4. The van der Waals surface area contributed by atoms with Gasteiger partial charge in [0.15, 0.2) is 5.96 Å². The Morgan fingerprint density at radius 3 is 2.53 bits per heavy atom. The van der Waals surface area contributed by atoms with Crippen LogP contribution >= 0.6 is 0 Å². The van der Waals surface area contributed by atoms with Gasteiger partial charge in [0.05, 0.1) is 12.7 Å². The van der Waals surface area contributed by atoms with E-state index in [1.165, 1.54) is 25.7 Å². The zero-order valence-electron chi connectivity index (χ0n) is 19.8. The quantitative estimate of drug-likeness (QED) is 0.489. The van der Waals surface area contributed by atoms with Gasteiger partial charge in [0.2, 0.25) is 5.91 Å². The first-order chi connectivity index (χ1) is 15.4. The number of guanidine groups is 1. The van der Waals surface area contributed by atoms with Crippen molar-refractivity contribution < 1.29 is 19.1 Å². The van der Waals surface area contributed by atoms with Gasteiger partial charge in [-0.05, 0) is 39.0 Å². The first kappa shape index (κ1) is 23.1. The van der Waals surface area contributed by atoms with Crippen LogP contribution < -0.4 is 10.6 Å². The Labute approximate surface area is 191 Å². The Kier molecular flexibility index (Phi) is 7.12.